The SMILES string of the molecule is COc1ccccc1Nc1nc(C)cc(N2CCN(c3ccccn3)CC2)n1. The van der Waals surface area contributed by atoms with Crippen molar-refractivity contribution in [3.05, 3.63) is 60.4 Å². The number of anilines is 4. The van der Waals surface area contributed by atoms with E-state index in [4.69, 9.17) is 9.72 Å². The number of benzene rings is 1. The second kappa shape index (κ2) is 8.12. The van der Waals surface area contributed by atoms with E-state index in [1.165, 1.54) is 0 Å². The van der Waals surface area contributed by atoms with Gasteiger partial charge in [0.2, 0.25) is 5.95 Å². The number of rotatable bonds is 5. The predicted molar refractivity (Wildman–Crippen MR) is 112 cm³/mol. The van der Waals surface area contributed by atoms with E-state index in [9.17, 15) is 0 Å². The van der Waals surface area contributed by atoms with Gasteiger partial charge in [-0.25, -0.2) is 9.97 Å². The third-order valence-corrected chi connectivity index (χ3v) is 4.77. The van der Waals surface area contributed by atoms with E-state index in [1.807, 2.05) is 55.6 Å². The van der Waals surface area contributed by atoms with Crippen molar-refractivity contribution in [1.82, 2.24) is 15.0 Å². The average Bonchev–Trinajstić information content (AvgIpc) is 2.74. The minimum absolute atomic E-state index is 0.576. The van der Waals surface area contributed by atoms with Crippen molar-refractivity contribution >= 4 is 23.3 Å². The minimum atomic E-state index is 0.576. The van der Waals surface area contributed by atoms with Gasteiger partial charge >= 0.3 is 0 Å². The van der Waals surface area contributed by atoms with Gasteiger partial charge in [0, 0.05) is 44.1 Å². The molecule has 3 aromatic rings. The van der Waals surface area contributed by atoms with Gasteiger partial charge in [0.25, 0.3) is 0 Å². The van der Waals surface area contributed by atoms with Crippen LogP contribution in [-0.4, -0.2) is 48.2 Å². The monoisotopic (exact) mass is 376 g/mol. The predicted octanol–water partition coefficient (Wildman–Crippen LogP) is 3.26. The van der Waals surface area contributed by atoms with Crippen LogP contribution in [0.3, 0.4) is 0 Å². The number of hydrogen-bond donors (Lipinski definition) is 1. The number of para-hydroxylation sites is 2. The van der Waals surface area contributed by atoms with Crippen molar-refractivity contribution in [3.8, 4) is 5.75 Å². The second-order valence-electron chi connectivity index (χ2n) is 6.68. The molecule has 1 fully saturated rings. The van der Waals surface area contributed by atoms with E-state index in [-0.39, 0.29) is 0 Å². The molecule has 1 N–H and O–H groups in total. The number of pyridine rings is 1. The molecule has 3 heterocycles. The Labute approximate surface area is 165 Å². The van der Waals surface area contributed by atoms with Crippen molar-refractivity contribution in [1.29, 1.82) is 0 Å². The van der Waals surface area contributed by atoms with Gasteiger partial charge in [0.15, 0.2) is 0 Å². The van der Waals surface area contributed by atoms with Gasteiger partial charge < -0.3 is 19.9 Å². The zero-order chi connectivity index (χ0) is 19.3. The summed E-state index contributed by atoms with van der Waals surface area (Å²) in [5.74, 6) is 3.30. The van der Waals surface area contributed by atoms with Crippen LogP contribution < -0.4 is 19.9 Å². The fraction of sp³-hybridized carbons (Fsp3) is 0.286. The van der Waals surface area contributed by atoms with Crippen LogP contribution in [0.4, 0.5) is 23.3 Å². The first-order chi connectivity index (χ1) is 13.7. The molecule has 4 rings (SSSR count). The molecule has 1 aliphatic heterocycles. The van der Waals surface area contributed by atoms with Crippen LogP contribution >= 0.6 is 0 Å². The van der Waals surface area contributed by atoms with Crippen molar-refractivity contribution in [2.75, 3.05) is 48.4 Å². The molecule has 1 aromatic carbocycles. The highest BCUT2D eigenvalue weighted by Gasteiger charge is 2.20. The molecule has 0 atom stereocenters. The Balaban J connectivity index is 1.49. The van der Waals surface area contributed by atoms with Crippen LogP contribution in [0, 0.1) is 6.92 Å². The van der Waals surface area contributed by atoms with Gasteiger partial charge in [0.05, 0.1) is 12.8 Å². The number of piperazine rings is 1. The van der Waals surface area contributed by atoms with Gasteiger partial charge in [-0.1, -0.05) is 18.2 Å². The number of nitrogens with one attached hydrogen (secondary N) is 1. The molecule has 7 nitrogen and oxygen atoms in total. The van der Waals surface area contributed by atoms with Crippen LogP contribution in [0.5, 0.6) is 5.75 Å². The molecule has 144 valence electrons. The number of aryl methyl sites for hydroxylation is 1. The Bertz CT molecular complexity index is 925. The van der Waals surface area contributed by atoms with Crippen molar-refractivity contribution in [2.45, 2.75) is 6.92 Å². The van der Waals surface area contributed by atoms with E-state index >= 15 is 0 Å². The van der Waals surface area contributed by atoms with Gasteiger partial charge in [0.1, 0.15) is 17.4 Å². The number of hydrogen-bond acceptors (Lipinski definition) is 7. The van der Waals surface area contributed by atoms with Gasteiger partial charge in [-0.15, -0.1) is 0 Å². The summed E-state index contributed by atoms with van der Waals surface area (Å²) in [5, 5.41) is 3.28. The third kappa shape index (κ3) is 3.98. The number of ether oxygens (including phenoxy) is 1. The van der Waals surface area contributed by atoms with Crippen LogP contribution in [0.2, 0.25) is 0 Å². The summed E-state index contributed by atoms with van der Waals surface area (Å²) >= 11 is 0. The smallest absolute Gasteiger partial charge is 0.229 e. The van der Waals surface area contributed by atoms with Gasteiger partial charge in [-0.05, 0) is 31.2 Å². The molecule has 0 saturated carbocycles. The standard InChI is InChI=1S/C21H24N6O/c1-16-15-20(25-21(23-16)24-17-7-3-4-8-18(17)28-2)27-13-11-26(12-14-27)19-9-5-6-10-22-19/h3-10,15H,11-14H2,1-2H3,(H,23,24,25). The Morgan fingerprint density at radius 3 is 2.32 bits per heavy atom. The van der Waals surface area contributed by atoms with Crippen LogP contribution in [-0.2, 0) is 0 Å². The quantitative estimate of drug-likeness (QED) is 0.733. The fourth-order valence-electron chi connectivity index (χ4n) is 3.34. The lowest BCUT2D eigenvalue weighted by molar-refractivity contribution is 0.417. The highest BCUT2D eigenvalue weighted by molar-refractivity contribution is 5.63. The second-order valence-corrected chi connectivity index (χ2v) is 6.68. The molecule has 0 amide bonds. The van der Waals surface area contributed by atoms with Crippen LogP contribution in [0.15, 0.2) is 54.7 Å². The molecule has 0 unspecified atom stereocenters. The third-order valence-electron chi connectivity index (χ3n) is 4.77. The molecule has 0 bridgehead atoms. The number of nitrogens with zero attached hydrogens (tertiary/aromatic N) is 5. The number of aromatic nitrogens is 3. The first kappa shape index (κ1) is 18.0. The van der Waals surface area contributed by atoms with E-state index in [2.05, 4.69) is 31.2 Å². The molecule has 7 heteroatoms. The summed E-state index contributed by atoms with van der Waals surface area (Å²) in [4.78, 5) is 18.3. The average molecular weight is 376 g/mol. The number of methoxy groups -OCH3 is 1. The van der Waals surface area contributed by atoms with E-state index < -0.39 is 0 Å². The topological polar surface area (TPSA) is 66.4 Å². The Kier molecular flexibility index (Phi) is 5.23. The van der Waals surface area contributed by atoms with E-state index in [1.54, 1.807) is 7.11 Å². The Hall–Kier alpha value is -3.35. The molecule has 2 aromatic heterocycles. The van der Waals surface area contributed by atoms with Gasteiger partial charge in [-0.2, -0.15) is 4.98 Å². The zero-order valence-corrected chi connectivity index (χ0v) is 16.2. The minimum Gasteiger partial charge on any atom is -0.495 e. The van der Waals surface area contributed by atoms with Gasteiger partial charge in [-0.3, -0.25) is 0 Å². The zero-order valence-electron chi connectivity index (χ0n) is 16.2. The maximum absolute atomic E-state index is 5.41. The highest BCUT2D eigenvalue weighted by atomic mass is 16.5. The fourth-order valence-corrected chi connectivity index (χ4v) is 3.34. The molecule has 1 saturated heterocycles. The lowest BCUT2D eigenvalue weighted by Crippen LogP contribution is -2.47. The van der Waals surface area contributed by atoms with Crippen LogP contribution in [0.1, 0.15) is 5.69 Å². The molecular weight excluding hydrogens is 352 g/mol. The van der Waals surface area contributed by atoms with Crippen LogP contribution in [0.25, 0.3) is 0 Å². The van der Waals surface area contributed by atoms with Crippen molar-refractivity contribution in [3.63, 3.8) is 0 Å². The molecule has 28 heavy (non-hydrogen) atoms. The maximum atomic E-state index is 5.41. The summed E-state index contributed by atoms with van der Waals surface area (Å²) in [6.45, 7) is 5.59. The summed E-state index contributed by atoms with van der Waals surface area (Å²) in [6.07, 6.45) is 1.84. The lowest BCUT2D eigenvalue weighted by Gasteiger charge is -2.36. The largest absolute Gasteiger partial charge is 0.495 e. The first-order valence-electron chi connectivity index (χ1n) is 9.39. The van der Waals surface area contributed by atoms with E-state index in [0.29, 0.717) is 5.95 Å². The summed E-state index contributed by atoms with van der Waals surface area (Å²) in [5.41, 5.74) is 1.77. The maximum Gasteiger partial charge on any atom is 0.229 e. The first-order valence-corrected chi connectivity index (χ1v) is 9.39. The van der Waals surface area contributed by atoms with E-state index in [0.717, 1.165) is 54.9 Å². The Morgan fingerprint density at radius 1 is 0.893 bits per heavy atom. The molecule has 0 aliphatic carbocycles. The Morgan fingerprint density at radius 2 is 1.61 bits per heavy atom. The highest BCUT2D eigenvalue weighted by Crippen LogP contribution is 2.27. The van der Waals surface area contributed by atoms with Crippen molar-refractivity contribution in [2.24, 2.45) is 0 Å². The molecule has 0 spiro atoms. The molecule has 0 radical (unpaired) electrons. The molecule has 1 aliphatic rings. The normalized spacial score (nSPS) is 14.1. The summed E-state index contributed by atoms with van der Waals surface area (Å²) in [6, 6.07) is 15.8. The lowest BCUT2D eigenvalue weighted by atomic mass is 10.3. The summed E-state index contributed by atoms with van der Waals surface area (Å²) < 4.78 is 5.41. The van der Waals surface area contributed by atoms with Crippen molar-refractivity contribution < 1.29 is 4.74 Å². The molecular formula is C21H24N6O. The summed E-state index contributed by atoms with van der Waals surface area (Å²) in [7, 11) is 1.66.